The van der Waals surface area contributed by atoms with Crippen molar-refractivity contribution in [1.82, 2.24) is 19.5 Å². The zero-order valence-corrected chi connectivity index (χ0v) is 17.5. The molecule has 2 N–H and O–H groups in total. The van der Waals surface area contributed by atoms with E-state index in [0.29, 0.717) is 29.0 Å². The molecule has 0 bridgehead atoms. The van der Waals surface area contributed by atoms with Crippen molar-refractivity contribution in [3.05, 3.63) is 84.2 Å². The molecule has 0 aliphatic rings. The summed E-state index contributed by atoms with van der Waals surface area (Å²) in [5.41, 5.74) is 3.59. The third kappa shape index (κ3) is 4.87. The van der Waals surface area contributed by atoms with E-state index in [1.165, 1.54) is 0 Å². The minimum atomic E-state index is -0.307. The first-order valence-electron chi connectivity index (χ1n) is 9.74. The number of anilines is 2. The lowest BCUT2D eigenvalue weighted by Gasteiger charge is -2.12. The van der Waals surface area contributed by atoms with Crippen LogP contribution >= 0.6 is 0 Å². The summed E-state index contributed by atoms with van der Waals surface area (Å²) in [6.45, 7) is 5.79. The Morgan fingerprint density at radius 2 is 1.81 bits per heavy atom. The second-order valence-electron chi connectivity index (χ2n) is 7.03. The second kappa shape index (κ2) is 8.66. The molecular formula is C23H22N6O2. The number of hydrogen-bond donors (Lipinski definition) is 2. The van der Waals surface area contributed by atoms with Crippen molar-refractivity contribution in [3.8, 4) is 17.4 Å². The van der Waals surface area contributed by atoms with Gasteiger partial charge in [-0.1, -0.05) is 12.1 Å². The maximum Gasteiger partial charge on any atom is 0.323 e. The van der Waals surface area contributed by atoms with Crippen molar-refractivity contribution in [3.63, 3.8) is 0 Å². The van der Waals surface area contributed by atoms with Crippen LogP contribution in [0.2, 0.25) is 0 Å². The first-order valence-corrected chi connectivity index (χ1v) is 9.74. The second-order valence-corrected chi connectivity index (χ2v) is 7.03. The molecule has 0 radical (unpaired) electrons. The minimum Gasteiger partial charge on any atom is -0.439 e. The number of aryl methyl sites for hydroxylation is 2. The molecule has 31 heavy (non-hydrogen) atoms. The molecule has 0 aliphatic carbocycles. The Hall–Kier alpha value is -4.20. The van der Waals surface area contributed by atoms with E-state index in [9.17, 15) is 4.79 Å². The van der Waals surface area contributed by atoms with E-state index >= 15 is 0 Å². The van der Waals surface area contributed by atoms with Gasteiger partial charge in [-0.05, 0) is 62.2 Å². The number of benzene rings is 2. The Morgan fingerprint density at radius 1 is 1.00 bits per heavy atom. The van der Waals surface area contributed by atoms with Crippen molar-refractivity contribution in [2.45, 2.75) is 20.8 Å². The molecule has 2 aromatic carbocycles. The van der Waals surface area contributed by atoms with Crippen LogP contribution in [0.4, 0.5) is 16.2 Å². The summed E-state index contributed by atoms with van der Waals surface area (Å²) >= 11 is 0. The predicted octanol–water partition coefficient (Wildman–Crippen LogP) is 5.02. The highest BCUT2D eigenvalue weighted by atomic mass is 16.5. The van der Waals surface area contributed by atoms with Crippen molar-refractivity contribution in [2.24, 2.45) is 0 Å². The molecule has 8 nitrogen and oxygen atoms in total. The highest BCUT2D eigenvalue weighted by Crippen LogP contribution is 2.23. The first-order chi connectivity index (χ1) is 15.0. The standard InChI is InChI=1S/C23H22N6O2/c1-15-5-4-6-20(16(15)2)28-23(30)27-18-7-9-19(10-8-18)31-22-13-21(25-17(3)26-22)29-12-11-24-14-29/h4-14H,1-3H3,(H2,27,28,30). The van der Waals surface area contributed by atoms with Gasteiger partial charge in [0.05, 0.1) is 0 Å². The number of ether oxygens (including phenoxy) is 1. The summed E-state index contributed by atoms with van der Waals surface area (Å²) in [4.78, 5) is 25.1. The van der Waals surface area contributed by atoms with Crippen LogP contribution in [0.1, 0.15) is 17.0 Å². The van der Waals surface area contributed by atoms with Crippen LogP contribution in [0, 0.1) is 20.8 Å². The minimum absolute atomic E-state index is 0.307. The zero-order valence-electron chi connectivity index (χ0n) is 17.5. The Morgan fingerprint density at radius 3 is 2.55 bits per heavy atom. The molecule has 4 aromatic rings. The van der Waals surface area contributed by atoms with E-state index in [-0.39, 0.29) is 6.03 Å². The summed E-state index contributed by atoms with van der Waals surface area (Å²) in [7, 11) is 0. The number of amides is 2. The summed E-state index contributed by atoms with van der Waals surface area (Å²) in [6.07, 6.45) is 5.14. The molecule has 0 fully saturated rings. The van der Waals surface area contributed by atoms with Crippen molar-refractivity contribution in [1.29, 1.82) is 0 Å². The number of rotatable bonds is 5. The van der Waals surface area contributed by atoms with Gasteiger partial charge in [0, 0.05) is 29.8 Å². The number of nitrogens with zero attached hydrogens (tertiary/aromatic N) is 4. The number of aromatic nitrogens is 4. The molecule has 0 unspecified atom stereocenters. The van der Waals surface area contributed by atoms with Gasteiger partial charge in [0.2, 0.25) is 5.88 Å². The van der Waals surface area contributed by atoms with Gasteiger partial charge in [-0.25, -0.2) is 14.8 Å². The van der Waals surface area contributed by atoms with E-state index in [1.807, 2.05) is 32.0 Å². The molecule has 2 aromatic heterocycles. The topological polar surface area (TPSA) is 94.0 Å². The van der Waals surface area contributed by atoms with Gasteiger partial charge in [-0.2, -0.15) is 4.98 Å². The number of carbonyl (C=O) groups is 1. The Balaban J connectivity index is 1.42. The predicted molar refractivity (Wildman–Crippen MR) is 119 cm³/mol. The van der Waals surface area contributed by atoms with E-state index in [0.717, 1.165) is 16.8 Å². The fraction of sp³-hybridized carbons (Fsp3) is 0.130. The van der Waals surface area contributed by atoms with Crippen LogP contribution in [-0.4, -0.2) is 25.6 Å². The zero-order chi connectivity index (χ0) is 21.8. The summed E-state index contributed by atoms with van der Waals surface area (Å²) in [6, 6.07) is 14.3. The quantitative estimate of drug-likeness (QED) is 0.478. The van der Waals surface area contributed by atoms with Crippen LogP contribution in [-0.2, 0) is 0 Å². The lowest BCUT2D eigenvalue weighted by atomic mass is 10.1. The highest BCUT2D eigenvalue weighted by Gasteiger charge is 2.08. The summed E-state index contributed by atoms with van der Waals surface area (Å²) in [5, 5.41) is 5.70. The fourth-order valence-corrected chi connectivity index (χ4v) is 3.00. The Kier molecular flexibility index (Phi) is 5.61. The van der Waals surface area contributed by atoms with E-state index < -0.39 is 0 Å². The number of hydrogen-bond acceptors (Lipinski definition) is 5. The average Bonchev–Trinajstić information content (AvgIpc) is 3.27. The molecule has 0 aliphatic heterocycles. The SMILES string of the molecule is Cc1nc(Oc2ccc(NC(=O)Nc3cccc(C)c3C)cc2)cc(-n2ccnc2)n1. The molecule has 2 amide bonds. The lowest BCUT2D eigenvalue weighted by molar-refractivity contribution is 0.262. The molecule has 0 saturated heterocycles. The lowest BCUT2D eigenvalue weighted by Crippen LogP contribution is -2.20. The van der Waals surface area contributed by atoms with Crippen LogP contribution in [0.15, 0.2) is 67.3 Å². The van der Waals surface area contributed by atoms with Crippen LogP contribution in [0.25, 0.3) is 5.82 Å². The van der Waals surface area contributed by atoms with Crippen LogP contribution in [0.5, 0.6) is 11.6 Å². The number of nitrogens with one attached hydrogen (secondary N) is 2. The van der Waals surface area contributed by atoms with E-state index in [4.69, 9.17) is 4.74 Å². The Labute approximate surface area is 180 Å². The van der Waals surface area contributed by atoms with Gasteiger partial charge in [0.25, 0.3) is 0 Å². The van der Waals surface area contributed by atoms with Crippen LogP contribution in [0.3, 0.4) is 0 Å². The van der Waals surface area contributed by atoms with Gasteiger partial charge in [0.15, 0.2) is 0 Å². The van der Waals surface area contributed by atoms with Crippen LogP contribution < -0.4 is 15.4 Å². The molecule has 2 heterocycles. The largest absolute Gasteiger partial charge is 0.439 e. The monoisotopic (exact) mass is 414 g/mol. The van der Waals surface area contributed by atoms with Gasteiger partial charge in [-0.3, -0.25) is 4.57 Å². The Bertz CT molecular complexity index is 1200. The van der Waals surface area contributed by atoms with Crippen molar-refractivity contribution >= 4 is 17.4 Å². The molecular weight excluding hydrogens is 392 g/mol. The number of imidazole rings is 1. The smallest absolute Gasteiger partial charge is 0.323 e. The fourth-order valence-electron chi connectivity index (χ4n) is 3.00. The molecule has 156 valence electrons. The maximum absolute atomic E-state index is 12.3. The molecule has 0 saturated carbocycles. The number of carbonyl (C=O) groups excluding carboxylic acids is 1. The summed E-state index contributed by atoms with van der Waals surface area (Å²) < 4.78 is 7.65. The third-order valence-electron chi connectivity index (χ3n) is 4.76. The van der Waals surface area contributed by atoms with Crippen molar-refractivity contribution < 1.29 is 9.53 Å². The first kappa shape index (κ1) is 20.1. The average molecular weight is 414 g/mol. The van der Waals surface area contributed by atoms with Gasteiger partial charge < -0.3 is 15.4 Å². The van der Waals surface area contributed by atoms with Gasteiger partial charge in [0.1, 0.15) is 23.7 Å². The van der Waals surface area contributed by atoms with Gasteiger partial charge in [-0.15, -0.1) is 0 Å². The highest BCUT2D eigenvalue weighted by molar-refractivity contribution is 6.00. The normalized spacial score (nSPS) is 10.5. The maximum atomic E-state index is 12.3. The number of urea groups is 1. The van der Waals surface area contributed by atoms with E-state index in [2.05, 4.69) is 25.6 Å². The molecule has 0 atom stereocenters. The van der Waals surface area contributed by atoms with Crippen molar-refractivity contribution in [2.75, 3.05) is 10.6 Å². The van der Waals surface area contributed by atoms with Gasteiger partial charge >= 0.3 is 6.03 Å². The van der Waals surface area contributed by atoms with E-state index in [1.54, 1.807) is 60.5 Å². The summed E-state index contributed by atoms with van der Waals surface area (Å²) in [5.74, 6) is 2.27. The molecule has 4 rings (SSSR count). The molecule has 8 heteroatoms. The third-order valence-corrected chi connectivity index (χ3v) is 4.76. The molecule has 0 spiro atoms.